The van der Waals surface area contributed by atoms with Gasteiger partial charge < -0.3 is 19.5 Å². The molecule has 0 radical (unpaired) electrons. The average molecular weight is 373 g/mol. The van der Waals surface area contributed by atoms with E-state index in [1.807, 2.05) is 13.0 Å². The van der Waals surface area contributed by atoms with Crippen molar-refractivity contribution < 1.29 is 19.7 Å². The molecular weight excluding hydrogens is 354 g/mol. The Bertz CT molecular complexity index is 974. The van der Waals surface area contributed by atoms with Crippen LogP contribution in [0.3, 0.4) is 0 Å². The minimum atomic E-state index is -0.560. The van der Waals surface area contributed by atoms with Gasteiger partial charge in [-0.25, -0.2) is 4.79 Å². The maximum atomic E-state index is 12.3. The first-order chi connectivity index (χ1) is 12.5. The molecule has 0 saturated carbocycles. The Kier molecular flexibility index (Phi) is 5.34. The van der Waals surface area contributed by atoms with Crippen LogP contribution in [-0.4, -0.2) is 34.0 Å². The summed E-state index contributed by atoms with van der Waals surface area (Å²) in [5, 5.41) is 28.6. The van der Waals surface area contributed by atoms with Gasteiger partial charge in [0.25, 0.3) is 0 Å². The van der Waals surface area contributed by atoms with Crippen molar-refractivity contribution in [1.82, 2.24) is 4.57 Å². The molecule has 3 aromatic rings. The zero-order valence-electron chi connectivity index (χ0n) is 14.5. The fourth-order valence-electron chi connectivity index (χ4n) is 2.64. The maximum absolute atomic E-state index is 12.3. The molecule has 7 nitrogen and oxygen atoms in total. The number of hydrogen-bond donors (Lipinski definition) is 2. The number of aromatic nitrogens is 1. The minimum absolute atomic E-state index is 0.00927. The molecule has 3 rings (SSSR count). The van der Waals surface area contributed by atoms with E-state index in [1.54, 1.807) is 29.8 Å². The van der Waals surface area contributed by atoms with Crippen molar-refractivity contribution in [3.63, 3.8) is 0 Å². The molecule has 0 aliphatic heterocycles. The van der Waals surface area contributed by atoms with Crippen molar-refractivity contribution in [3.05, 3.63) is 40.9 Å². The van der Waals surface area contributed by atoms with Gasteiger partial charge in [0.15, 0.2) is 5.82 Å². The largest absolute Gasteiger partial charge is 0.507 e. The molecule has 0 saturated heterocycles. The van der Waals surface area contributed by atoms with Gasteiger partial charge in [-0.2, -0.15) is 0 Å². The molecule has 136 valence electrons. The van der Waals surface area contributed by atoms with E-state index in [4.69, 9.17) is 9.84 Å². The lowest BCUT2D eigenvalue weighted by Gasteiger charge is -2.08. The highest BCUT2D eigenvalue weighted by atomic mass is 32.1. The summed E-state index contributed by atoms with van der Waals surface area (Å²) in [5.74, 6) is 0.00816. The molecule has 0 unspecified atom stereocenters. The number of phenolic OH excluding ortho intramolecular Hbond substituents is 1. The van der Waals surface area contributed by atoms with Crippen LogP contribution in [0.25, 0.3) is 10.1 Å². The van der Waals surface area contributed by atoms with Gasteiger partial charge in [-0.3, -0.25) is 0 Å². The van der Waals surface area contributed by atoms with Crippen LogP contribution in [0.15, 0.2) is 40.7 Å². The highest BCUT2D eigenvalue weighted by Crippen LogP contribution is 2.42. The van der Waals surface area contributed by atoms with E-state index in [-0.39, 0.29) is 24.5 Å². The van der Waals surface area contributed by atoms with Crippen LogP contribution in [-0.2, 0) is 11.3 Å². The number of nitrogens with zero attached hydrogens (tertiary/aromatic N) is 3. The van der Waals surface area contributed by atoms with Gasteiger partial charge in [0.2, 0.25) is 0 Å². The molecule has 0 aliphatic carbocycles. The Morgan fingerprint density at radius 1 is 1.35 bits per heavy atom. The standard InChI is InChI=1S/C18H19N3O4S/c1-3-25-18(24)13-10-14(23)12-9-11(2)26-17(12)16(13)20-19-15-5-4-6-21(15)7-8-22/h4-6,9-10,22-23H,3,7-8H2,1-2H3/b20-19+. The van der Waals surface area contributed by atoms with Gasteiger partial charge in [-0.15, -0.1) is 21.6 Å². The summed E-state index contributed by atoms with van der Waals surface area (Å²) >= 11 is 1.43. The van der Waals surface area contributed by atoms with Gasteiger partial charge in [-0.05, 0) is 38.1 Å². The Morgan fingerprint density at radius 2 is 2.15 bits per heavy atom. The lowest BCUT2D eigenvalue weighted by Crippen LogP contribution is -2.05. The quantitative estimate of drug-likeness (QED) is 0.497. The number of aliphatic hydroxyl groups is 1. The van der Waals surface area contributed by atoms with Crippen molar-refractivity contribution >= 4 is 38.9 Å². The number of aliphatic hydroxyl groups excluding tert-OH is 1. The van der Waals surface area contributed by atoms with Gasteiger partial charge in [-0.1, -0.05) is 0 Å². The van der Waals surface area contributed by atoms with Gasteiger partial charge in [0, 0.05) is 23.0 Å². The zero-order valence-corrected chi connectivity index (χ0v) is 15.3. The number of thiophene rings is 1. The summed E-state index contributed by atoms with van der Waals surface area (Å²) in [6.07, 6.45) is 1.79. The minimum Gasteiger partial charge on any atom is -0.507 e. The third-order valence-electron chi connectivity index (χ3n) is 3.78. The number of rotatable bonds is 6. The monoisotopic (exact) mass is 373 g/mol. The molecule has 2 aromatic heterocycles. The number of carbonyl (C=O) groups is 1. The van der Waals surface area contributed by atoms with E-state index in [0.29, 0.717) is 28.1 Å². The topological polar surface area (TPSA) is 96.4 Å². The summed E-state index contributed by atoms with van der Waals surface area (Å²) < 4.78 is 7.52. The number of ether oxygens (including phenoxy) is 1. The van der Waals surface area contributed by atoms with Crippen molar-refractivity contribution in [2.75, 3.05) is 13.2 Å². The Labute approximate surface area is 154 Å². The highest BCUT2D eigenvalue weighted by Gasteiger charge is 2.20. The predicted octanol–water partition coefficient (Wildman–Crippen LogP) is 4.30. The van der Waals surface area contributed by atoms with Crippen LogP contribution >= 0.6 is 11.3 Å². The number of phenols is 1. The van der Waals surface area contributed by atoms with Crippen LogP contribution in [0.2, 0.25) is 0 Å². The molecule has 0 atom stereocenters. The number of carbonyl (C=O) groups excluding carboxylic acids is 1. The molecule has 0 bridgehead atoms. The molecular formula is C18H19N3O4S. The van der Waals surface area contributed by atoms with Crippen LogP contribution in [0.4, 0.5) is 11.5 Å². The third kappa shape index (κ3) is 3.47. The van der Waals surface area contributed by atoms with E-state index in [2.05, 4.69) is 10.2 Å². The number of aromatic hydroxyl groups is 1. The molecule has 26 heavy (non-hydrogen) atoms. The average Bonchev–Trinajstić information content (AvgIpc) is 3.21. The van der Waals surface area contributed by atoms with Crippen molar-refractivity contribution in [2.45, 2.75) is 20.4 Å². The molecule has 2 heterocycles. The number of fused-ring (bicyclic) bond motifs is 1. The number of azo groups is 1. The highest BCUT2D eigenvalue weighted by molar-refractivity contribution is 7.19. The smallest absolute Gasteiger partial charge is 0.340 e. The first-order valence-corrected chi connectivity index (χ1v) is 8.97. The van der Waals surface area contributed by atoms with Crippen LogP contribution in [0.5, 0.6) is 5.75 Å². The summed E-state index contributed by atoms with van der Waals surface area (Å²) in [7, 11) is 0. The Morgan fingerprint density at radius 3 is 2.88 bits per heavy atom. The van der Waals surface area contributed by atoms with E-state index < -0.39 is 5.97 Å². The molecule has 0 amide bonds. The molecule has 0 aliphatic rings. The number of benzene rings is 1. The molecule has 8 heteroatoms. The third-order valence-corrected chi connectivity index (χ3v) is 4.83. The zero-order chi connectivity index (χ0) is 18.7. The first-order valence-electron chi connectivity index (χ1n) is 8.16. The molecule has 0 fully saturated rings. The van der Waals surface area contributed by atoms with Crippen molar-refractivity contribution in [3.8, 4) is 5.75 Å². The lowest BCUT2D eigenvalue weighted by atomic mass is 10.1. The summed E-state index contributed by atoms with van der Waals surface area (Å²) in [5.41, 5.74) is 0.536. The second kappa shape index (κ2) is 7.67. The van der Waals surface area contributed by atoms with Crippen LogP contribution in [0, 0.1) is 6.92 Å². The fourth-order valence-corrected chi connectivity index (χ4v) is 3.66. The fraction of sp³-hybridized carbons (Fsp3) is 0.278. The second-order valence-corrected chi connectivity index (χ2v) is 6.85. The second-order valence-electron chi connectivity index (χ2n) is 5.60. The number of hydrogen-bond acceptors (Lipinski definition) is 7. The lowest BCUT2D eigenvalue weighted by molar-refractivity contribution is 0.0527. The van der Waals surface area contributed by atoms with Crippen molar-refractivity contribution in [1.29, 1.82) is 0 Å². The Hall–Kier alpha value is -2.71. The van der Waals surface area contributed by atoms with E-state index >= 15 is 0 Å². The van der Waals surface area contributed by atoms with Gasteiger partial charge >= 0.3 is 5.97 Å². The summed E-state index contributed by atoms with van der Waals surface area (Å²) in [6, 6.07) is 6.78. The van der Waals surface area contributed by atoms with Crippen LogP contribution < -0.4 is 0 Å². The van der Waals surface area contributed by atoms with Gasteiger partial charge in [0.1, 0.15) is 11.4 Å². The normalized spacial score (nSPS) is 11.5. The molecule has 1 aromatic carbocycles. The van der Waals surface area contributed by atoms with Crippen LogP contribution in [0.1, 0.15) is 22.2 Å². The number of aryl methyl sites for hydroxylation is 1. The molecule has 0 spiro atoms. The summed E-state index contributed by atoms with van der Waals surface area (Å²) in [6.45, 7) is 4.24. The maximum Gasteiger partial charge on any atom is 0.340 e. The van der Waals surface area contributed by atoms with E-state index in [9.17, 15) is 9.90 Å². The SMILES string of the molecule is CCOC(=O)c1cc(O)c2cc(C)sc2c1/N=N/c1cccn1CCO. The predicted molar refractivity (Wildman–Crippen MR) is 99.9 cm³/mol. The number of esters is 1. The van der Waals surface area contributed by atoms with Gasteiger partial charge in [0.05, 0.1) is 23.5 Å². The first kappa shape index (κ1) is 18.1. The Balaban J connectivity index is 2.14. The summed E-state index contributed by atoms with van der Waals surface area (Å²) in [4.78, 5) is 13.3. The van der Waals surface area contributed by atoms with E-state index in [1.165, 1.54) is 17.4 Å². The van der Waals surface area contributed by atoms with Crippen molar-refractivity contribution in [2.24, 2.45) is 10.2 Å². The van der Waals surface area contributed by atoms with E-state index in [0.717, 1.165) is 4.88 Å². The molecule has 2 N–H and O–H groups in total.